The zero-order valence-electron chi connectivity index (χ0n) is 13.0. The van der Waals surface area contributed by atoms with Crippen LogP contribution in [0.3, 0.4) is 0 Å². The number of amides is 2. The van der Waals surface area contributed by atoms with Gasteiger partial charge in [0.25, 0.3) is 5.91 Å². The van der Waals surface area contributed by atoms with Crippen LogP contribution in [0.1, 0.15) is 23.5 Å². The van der Waals surface area contributed by atoms with Crippen molar-refractivity contribution in [2.75, 3.05) is 6.54 Å². The number of nitrogens with one attached hydrogen (secondary N) is 2. The fourth-order valence-electron chi connectivity index (χ4n) is 2.53. The van der Waals surface area contributed by atoms with Crippen molar-refractivity contribution in [3.8, 4) is 10.6 Å². The van der Waals surface area contributed by atoms with Crippen molar-refractivity contribution in [1.29, 1.82) is 0 Å². The minimum atomic E-state index is -0.598. The van der Waals surface area contributed by atoms with Gasteiger partial charge in [-0.3, -0.25) is 9.59 Å². The van der Waals surface area contributed by atoms with Crippen LogP contribution in [-0.4, -0.2) is 29.4 Å². The molecule has 0 bridgehead atoms. The van der Waals surface area contributed by atoms with Crippen LogP contribution < -0.4 is 10.6 Å². The van der Waals surface area contributed by atoms with E-state index in [0.717, 1.165) is 11.3 Å². The Morgan fingerprint density at radius 1 is 1.46 bits per heavy atom. The molecule has 1 fully saturated rings. The summed E-state index contributed by atoms with van der Waals surface area (Å²) in [4.78, 5) is 28.8. The van der Waals surface area contributed by atoms with E-state index in [2.05, 4.69) is 15.6 Å². The summed E-state index contributed by atoms with van der Waals surface area (Å²) < 4.78 is 13.4. The second-order valence-electron chi connectivity index (χ2n) is 6.30. The van der Waals surface area contributed by atoms with E-state index in [0.29, 0.717) is 22.0 Å². The fraction of sp³-hybridized carbons (Fsp3) is 0.312. The van der Waals surface area contributed by atoms with Crippen molar-refractivity contribution in [1.82, 2.24) is 15.6 Å². The van der Waals surface area contributed by atoms with Gasteiger partial charge < -0.3 is 10.6 Å². The number of nitrogens with zero attached hydrogens (tertiary/aromatic N) is 1. The third kappa shape index (κ3) is 3.27. The predicted octanol–water partition coefficient (Wildman–Crippen LogP) is 2.86. The van der Waals surface area contributed by atoms with Gasteiger partial charge in [0.15, 0.2) is 0 Å². The van der Waals surface area contributed by atoms with Crippen molar-refractivity contribution in [3.05, 3.63) is 40.1 Å². The summed E-state index contributed by atoms with van der Waals surface area (Å²) in [6, 6.07) is 3.49. The van der Waals surface area contributed by atoms with Gasteiger partial charge >= 0.3 is 0 Å². The molecule has 1 atom stereocenters. The average Bonchev–Trinajstić information content (AvgIpc) is 3.07. The molecule has 24 heavy (non-hydrogen) atoms. The molecule has 0 radical (unpaired) electrons. The molecule has 2 N–H and O–H groups in total. The maximum Gasteiger partial charge on any atom is 0.263 e. The summed E-state index contributed by atoms with van der Waals surface area (Å²) in [5, 5.41) is 6.22. The van der Waals surface area contributed by atoms with Gasteiger partial charge in [-0.05, 0) is 18.2 Å². The van der Waals surface area contributed by atoms with Crippen LogP contribution in [0, 0.1) is 11.2 Å². The lowest BCUT2D eigenvalue weighted by Crippen LogP contribution is -2.46. The molecule has 0 spiro atoms. The van der Waals surface area contributed by atoms with Crippen LogP contribution >= 0.6 is 22.9 Å². The van der Waals surface area contributed by atoms with E-state index in [1.54, 1.807) is 6.07 Å². The Morgan fingerprint density at radius 3 is 2.83 bits per heavy atom. The summed E-state index contributed by atoms with van der Waals surface area (Å²) in [5.41, 5.74) is 0.138. The third-order valence-electron chi connectivity index (χ3n) is 3.88. The molecule has 1 aliphatic heterocycles. The minimum absolute atomic E-state index is 0.199. The molecule has 126 valence electrons. The number of hydrogen-bond acceptors (Lipinski definition) is 4. The quantitative estimate of drug-likeness (QED) is 0.876. The predicted molar refractivity (Wildman–Crippen MR) is 90.6 cm³/mol. The first-order valence-electron chi connectivity index (χ1n) is 7.27. The van der Waals surface area contributed by atoms with Crippen molar-refractivity contribution in [2.45, 2.75) is 19.9 Å². The number of hydrogen-bond donors (Lipinski definition) is 2. The monoisotopic (exact) mass is 367 g/mol. The van der Waals surface area contributed by atoms with E-state index < -0.39 is 11.9 Å². The van der Waals surface area contributed by atoms with Crippen molar-refractivity contribution in [2.24, 2.45) is 5.41 Å². The smallest absolute Gasteiger partial charge is 0.263 e. The zero-order chi connectivity index (χ0) is 17.5. The highest BCUT2D eigenvalue weighted by atomic mass is 35.5. The Kier molecular flexibility index (Phi) is 4.31. The van der Waals surface area contributed by atoms with E-state index >= 15 is 0 Å². The van der Waals surface area contributed by atoms with Gasteiger partial charge in [-0.15, -0.1) is 11.3 Å². The van der Waals surface area contributed by atoms with Gasteiger partial charge in [-0.1, -0.05) is 25.4 Å². The highest BCUT2D eigenvalue weighted by Crippen LogP contribution is 2.29. The van der Waals surface area contributed by atoms with E-state index in [4.69, 9.17) is 11.6 Å². The summed E-state index contributed by atoms with van der Waals surface area (Å²) in [6.45, 7) is 4.32. The van der Waals surface area contributed by atoms with E-state index in [1.165, 1.54) is 18.3 Å². The molecule has 1 unspecified atom stereocenters. The van der Waals surface area contributed by atoms with Crippen molar-refractivity contribution >= 4 is 34.8 Å². The highest BCUT2D eigenvalue weighted by molar-refractivity contribution is 7.16. The number of rotatable bonds is 3. The molecule has 0 aliphatic carbocycles. The third-order valence-corrected chi connectivity index (χ3v) is 5.14. The first-order valence-corrected chi connectivity index (χ1v) is 8.46. The molecule has 8 heteroatoms. The molecular formula is C16H15ClFN3O2S. The Labute approximate surface area is 147 Å². The molecule has 1 aromatic carbocycles. The summed E-state index contributed by atoms with van der Waals surface area (Å²) >= 11 is 6.96. The fourth-order valence-corrected chi connectivity index (χ4v) is 3.56. The Morgan fingerprint density at radius 2 is 2.21 bits per heavy atom. The first kappa shape index (κ1) is 16.9. The molecule has 1 saturated heterocycles. The first-order chi connectivity index (χ1) is 11.3. The van der Waals surface area contributed by atoms with Crippen LogP contribution in [0.15, 0.2) is 24.4 Å². The van der Waals surface area contributed by atoms with Gasteiger partial charge in [-0.25, -0.2) is 9.37 Å². The SMILES string of the molecule is CC1(C)CNC(=O)C1NC(=O)c1cnc(-c2cc(F)cc(Cl)c2)s1. The molecule has 0 saturated carbocycles. The summed E-state index contributed by atoms with van der Waals surface area (Å²) in [7, 11) is 0. The maximum atomic E-state index is 13.4. The number of aromatic nitrogens is 1. The van der Waals surface area contributed by atoms with Crippen LogP contribution in [0.25, 0.3) is 10.6 Å². The standard InChI is InChI=1S/C16H15ClFN3O2S/c1-16(2)7-20-14(23)12(16)21-13(22)11-6-19-15(24-11)8-3-9(17)5-10(18)4-8/h3-6,12H,7H2,1-2H3,(H,20,23)(H,21,22). The molecule has 3 rings (SSSR count). The lowest BCUT2D eigenvalue weighted by molar-refractivity contribution is -0.121. The lowest BCUT2D eigenvalue weighted by atomic mass is 9.87. The molecule has 2 heterocycles. The van der Waals surface area contributed by atoms with E-state index in [9.17, 15) is 14.0 Å². The van der Waals surface area contributed by atoms with Gasteiger partial charge in [0.2, 0.25) is 5.91 Å². The molecule has 1 aliphatic rings. The van der Waals surface area contributed by atoms with Crippen LogP contribution in [0.5, 0.6) is 0 Å². The van der Waals surface area contributed by atoms with Gasteiger partial charge in [0.05, 0.1) is 6.20 Å². The Balaban J connectivity index is 1.80. The van der Waals surface area contributed by atoms with Crippen LogP contribution in [-0.2, 0) is 4.79 Å². The number of benzene rings is 1. The van der Waals surface area contributed by atoms with Gasteiger partial charge in [-0.2, -0.15) is 0 Å². The second-order valence-corrected chi connectivity index (χ2v) is 7.77. The van der Waals surface area contributed by atoms with Crippen LogP contribution in [0.2, 0.25) is 5.02 Å². The molecular weight excluding hydrogens is 353 g/mol. The van der Waals surface area contributed by atoms with Gasteiger partial charge in [0, 0.05) is 22.5 Å². The largest absolute Gasteiger partial charge is 0.354 e. The Bertz CT molecular complexity index is 801. The lowest BCUT2D eigenvalue weighted by Gasteiger charge is -2.24. The second kappa shape index (κ2) is 6.14. The van der Waals surface area contributed by atoms with Crippen LogP contribution in [0.4, 0.5) is 4.39 Å². The molecule has 1 aromatic heterocycles. The topological polar surface area (TPSA) is 71.1 Å². The number of carbonyl (C=O) groups is 2. The average molecular weight is 368 g/mol. The maximum absolute atomic E-state index is 13.4. The highest BCUT2D eigenvalue weighted by Gasteiger charge is 2.42. The van der Waals surface area contributed by atoms with Gasteiger partial charge in [0.1, 0.15) is 21.7 Å². The number of carbonyl (C=O) groups excluding carboxylic acids is 2. The van der Waals surface area contributed by atoms with E-state index in [1.807, 2.05) is 13.8 Å². The summed E-state index contributed by atoms with van der Waals surface area (Å²) in [5.74, 6) is -1.05. The molecule has 5 nitrogen and oxygen atoms in total. The summed E-state index contributed by atoms with van der Waals surface area (Å²) in [6.07, 6.45) is 1.41. The Hall–Kier alpha value is -1.99. The van der Waals surface area contributed by atoms with Crippen molar-refractivity contribution < 1.29 is 14.0 Å². The number of halogens is 2. The van der Waals surface area contributed by atoms with E-state index in [-0.39, 0.29) is 22.3 Å². The minimum Gasteiger partial charge on any atom is -0.354 e. The normalized spacial score (nSPS) is 19.2. The molecule has 2 amide bonds. The number of thiazole rings is 1. The molecule has 2 aromatic rings. The zero-order valence-corrected chi connectivity index (χ0v) is 14.6. The van der Waals surface area contributed by atoms with Crippen molar-refractivity contribution in [3.63, 3.8) is 0 Å².